The van der Waals surface area contributed by atoms with E-state index in [1.165, 1.54) is 17.1 Å². The zero-order chi connectivity index (χ0) is 20.7. The highest BCUT2D eigenvalue weighted by Gasteiger charge is 2.36. The summed E-state index contributed by atoms with van der Waals surface area (Å²) in [5.41, 5.74) is 1.05. The van der Waals surface area contributed by atoms with Crippen LogP contribution in [0.2, 0.25) is 0 Å². The molecular formula is C20H18F2N6O2. The molecule has 1 aromatic carbocycles. The molecule has 0 saturated carbocycles. The first-order chi connectivity index (χ1) is 14.6. The molecule has 2 aliphatic rings. The lowest BCUT2D eigenvalue weighted by Crippen LogP contribution is -2.40. The normalized spacial score (nSPS) is 21.0. The van der Waals surface area contributed by atoms with Gasteiger partial charge in [0.1, 0.15) is 17.7 Å². The highest BCUT2D eigenvalue weighted by atomic mass is 19.1. The second-order valence-corrected chi connectivity index (χ2v) is 7.24. The highest BCUT2D eigenvalue weighted by molar-refractivity contribution is 5.78. The zero-order valence-electron chi connectivity index (χ0n) is 15.9. The van der Waals surface area contributed by atoms with Crippen molar-refractivity contribution in [2.45, 2.75) is 25.0 Å². The maximum absolute atomic E-state index is 13.6. The van der Waals surface area contributed by atoms with Crippen LogP contribution in [0.15, 0.2) is 47.8 Å². The summed E-state index contributed by atoms with van der Waals surface area (Å²) in [6.45, 7) is 0.868. The Kier molecular flexibility index (Phi) is 4.53. The van der Waals surface area contributed by atoms with Gasteiger partial charge in [-0.3, -0.25) is 0 Å². The van der Waals surface area contributed by atoms with Crippen LogP contribution in [0, 0.1) is 11.6 Å². The third-order valence-electron chi connectivity index (χ3n) is 5.25. The van der Waals surface area contributed by atoms with Gasteiger partial charge in [-0.25, -0.2) is 23.6 Å². The van der Waals surface area contributed by atoms with Crippen molar-refractivity contribution in [3.8, 4) is 5.88 Å². The molecular weight excluding hydrogens is 394 g/mol. The number of hydrogen-bond acceptors (Lipinski definition) is 5. The van der Waals surface area contributed by atoms with Crippen LogP contribution >= 0.6 is 0 Å². The number of carbonyl (C=O) groups is 1. The van der Waals surface area contributed by atoms with Crippen molar-refractivity contribution >= 4 is 17.9 Å². The number of rotatable bonds is 3. The summed E-state index contributed by atoms with van der Waals surface area (Å²) < 4.78 is 34.9. The Morgan fingerprint density at radius 3 is 2.80 bits per heavy atom. The summed E-state index contributed by atoms with van der Waals surface area (Å²) in [6.07, 6.45) is 5.71. The second-order valence-electron chi connectivity index (χ2n) is 7.24. The number of hydrazone groups is 1. The van der Waals surface area contributed by atoms with Gasteiger partial charge in [0.15, 0.2) is 5.65 Å². The molecule has 2 aromatic heterocycles. The average Bonchev–Trinajstić information content (AvgIpc) is 3.47. The molecule has 1 fully saturated rings. The minimum absolute atomic E-state index is 0.208. The number of nitrogens with zero attached hydrogens (tertiary/aromatic N) is 6. The van der Waals surface area contributed by atoms with E-state index < -0.39 is 17.7 Å². The number of fused-ring (bicyclic) bond motifs is 1. The van der Waals surface area contributed by atoms with E-state index in [1.54, 1.807) is 40.2 Å². The summed E-state index contributed by atoms with van der Waals surface area (Å²) in [6, 6.07) is 5.93. The summed E-state index contributed by atoms with van der Waals surface area (Å²) in [7, 11) is 0. The quantitative estimate of drug-likeness (QED) is 0.663. The Morgan fingerprint density at radius 1 is 1.13 bits per heavy atom. The van der Waals surface area contributed by atoms with Crippen LogP contribution in [-0.4, -0.2) is 55.9 Å². The first-order valence-electron chi connectivity index (χ1n) is 9.60. The van der Waals surface area contributed by atoms with Crippen LogP contribution < -0.4 is 4.74 Å². The summed E-state index contributed by atoms with van der Waals surface area (Å²) in [5, 5.41) is 9.63. The van der Waals surface area contributed by atoms with E-state index >= 15 is 0 Å². The van der Waals surface area contributed by atoms with Gasteiger partial charge in [0.25, 0.3) is 0 Å². The van der Waals surface area contributed by atoms with Crippen molar-refractivity contribution in [2.24, 2.45) is 5.10 Å². The van der Waals surface area contributed by atoms with Gasteiger partial charge >= 0.3 is 6.03 Å². The molecule has 0 bridgehead atoms. The van der Waals surface area contributed by atoms with Gasteiger partial charge in [0.05, 0.1) is 18.8 Å². The van der Waals surface area contributed by atoms with Crippen LogP contribution in [-0.2, 0) is 0 Å². The zero-order valence-corrected chi connectivity index (χ0v) is 15.9. The molecule has 2 aliphatic heterocycles. The fraction of sp³-hybridized carbons (Fsp3) is 0.300. The van der Waals surface area contributed by atoms with Gasteiger partial charge in [-0.2, -0.15) is 14.7 Å². The molecule has 1 saturated heterocycles. The minimum atomic E-state index is -0.679. The van der Waals surface area contributed by atoms with Gasteiger partial charge in [0, 0.05) is 50.0 Å². The van der Waals surface area contributed by atoms with E-state index in [1.807, 2.05) is 0 Å². The van der Waals surface area contributed by atoms with Crippen molar-refractivity contribution in [2.75, 3.05) is 13.1 Å². The van der Waals surface area contributed by atoms with Gasteiger partial charge in [-0.05, 0) is 17.7 Å². The van der Waals surface area contributed by atoms with Crippen molar-refractivity contribution < 1.29 is 18.3 Å². The molecule has 8 nitrogen and oxygen atoms in total. The molecule has 3 aromatic rings. The third kappa shape index (κ3) is 3.34. The van der Waals surface area contributed by atoms with Crippen molar-refractivity contribution in [3.63, 3.8) is 0 Å². The van der Waals surface area contributed by atoms with E-state index in [9.17, 15) is 13.6 Å². The second kappa shape index (κ2) is 7.36. The Hall–Kier alpha value is -3.56. The summed E-state index contributed by atoms with van der Waals surface area (Å²) in [5.74, 6) is -0.806. The molecule has 10 heteroatoms. The largest absolute Gasteiger partial charge is 0.472 e. The van der Waals surface area contributed by atoms with Crippen molar-refractivity contribution in [1.82, 2.24) is 24.5 Å². The number of aromatic nitrogens is 3. The molecule has 0 radical (unpaired) electrons. The van der Waals surface area contributed by atoms with E-state index in [0.717, 1.165) is 6.07 Å². The van der Waals surface area contributed by atoms with Gasteiger partial charge in [-0.15, -0.1) is 0 Å². The first kappa shape index (κ1) is 18.5. The fourth-order valence-electron chi connectivity index (χ4n) is 3.86. The Labute approximate surface area is 170 Å². The van der Waals surface area contributed by atoms with E-state index in [-0.39, 0.29) is 12.1 Å². The first-order valence-corrected chi connectivity index (χ1v) is 9.60. The Balaban J connectivity index is 1.28. The topological polar surface area (TPSA) is 75.3 Å². The molecule has 4 heterocycles. The number of ether oxygens (including phenoxy) is 1. The standard InChI is InChI=1S/C20H18F2N6O2/c21-14-9-13(10-15(22)11-14)17-1-6-24-27(17)20(29)26-8-4-16(12-26)30-19-3-5-23-18-2-7-25-28(18)19/h2-3,5-7,9-11,16-17H,1,4,8,12H2/t16-,17+/m1/s1. The van der Waals surface area contributed by atoms with E-state index in [2.05, 4.69) is 15.2 Å². The molecule has 2 atom stereocenters. The van der Waals surface area contributed by atoms with Crippen LogP contribution in [0.5, 0.6) is 5.88 Å². The molecule has 0 unspecified atom stereocenters. The molecule has 5 rings (SSSR count). The molecule has 0 spiro atoms. The van der Waals surface area contributed by atoms with Crippen LogP contribution in [0.3, 0.4) is 0 Å². The van der Waals surface area contributed by atoms with E-state index in [4.69, 9.17) is 4.74 Å². The summed E-state index contributed by atoms with van der Waals surface area (Å²) >= 11 is 0. The number of halogens is 2. The van der Waals surface area contributed by atoms with Crippen molar-refractivity contribution in [1.29, 1.82) is 0 Å². The molecule has 0 N–H and O–H groups in total. The molecule has 2 amide bonds. The van der Waals surface area contributed by atoms with Gasteiger partial charge in [-0.1, -0.05) is 0 Å². The van der Waals surface area contributed by atoms with Crippen molar-refractivity contribution in [3.05, 3.63) is 59.9 Å². The predicted molar refractivity (Wildman–Crippen MR) is 103 cm³/mol. The fourth-order valence-corrected chi connectivity index (χ4v) is 3.86. The number of benzene rings is 1. The van der Waals surface area contributed by atoms with Crippen LogP contribution in [0.1, 0.15) is 24.4 Å². The molecule has 0 aliphatic carbocycles. The monoisotopic (exact) mass is 412 g/mol. The Morgan fingerprint density at radius 2 is 1.97 bits per heavy atom. The Bertz CT molecular complexity index is 1110. The van der Waals surface area contributed by atoms with Gasteiger partial charge < -0.3 is 9.64 Å². The van der Waals surface area contributed by atoms with E-state index in [0.29, 0.717) is 43.0 Å². The SMILES string of the molecule is O=C(N1CC[C@@H](Oc2ccnc3ccnn23)C1)N1N=CC[C@H]1c1cc(F)cc(F)c1. The lowest BCUT2D eigenvalue weighted by Gasteiger charge is -2.27. The highest BCUT2D eigenvalue weighted by Crippen LogP contribution is 2.31. The number of likely N-dealkylation sites (tertiary alicyclic amines) is 1. The molecule has 154 valence electrons. The molecule has 30 heavy (non-hydrogen) atoms. The third-order valence-corrected chi connectivity index (χ3v) is 5.25. The maximum atomic E-state index is 13.6. The number of amides is 2. The smallest absolute Gasteiger partial charge is 0.341 e. The minimum Gasteiger partial charge on any atom is -0.472 e. The van der Waals surface area contributed by atoms with Gasteiger partial charge in [0.2, 0.25) is 5.88 Å². The predicted octanol–water partition coefficient (Wildman–Crippen LogP) is 3.01. The maximum Gasteiger partial charge on any atom is 0.341 e. The van der Waals surface area contributed by atoms with Crippen LogP contribution in [0.4, 0.5) is 13.6 Å². The average molecular weight is 412 g/mol. The van der Waals surface area contributed by atoms with Crippen LogP contribution in [0.25, 0.3) is 5.65 Å². The summed E-state index contributed by atoms with van der Waals surface area (Å²) in [4.78, 5) is 18.9. The lowest BCUT2D eigenvalue weighted by atomic mass is 10.0. The number of carbonyl (C=O) groups excluding carboxylic acids is 1. The number of urea groups is 1. The lowest BCUT2D eigenvalue weighted by molar-refractivity contribution is 0.141. The number of hydrogen-bond donors (Lipinski definition) is 0.